The summed E-state index contributed by atoms with van der Waals surface area (Å²) in [6.07, 6.45) is 2.00. The third kappa shape index (κ3) is 6.69. The molecule has 1 aliphatic rings. The first-order valence-corrected chi connectivity index (χ1v) is 13.3. The van der Waals surface area contributed by atoms with Crippen molar-refractivity contribution in [3.63, 3.8) is 0 Å². The highest BCUT2D eigenvalue weighted by Crippen LogP contribution is 2.45. The van der Waals surface area contributed by atoms with E-state index < -0.39 is 11.6 Å². The lowest BCUT2D eigenvalue weighted by Crippen LogP contribution is -2.48. The number of nitrogens with zero attached hydrogens (tertiary/aromatic N) is 4. The molecule has 0 saturated carbocycles. The number of nitrogens with one attached hydrogen (secondary N) is 1. The second-order valence-corrected chi connectivity index (χ2v) is 9.35. The molecule has 3 aromatic rings. The fourth-order valence-corrected chi connectivity index (χ4v) is 4.73. The van der Waals surface area contributed by atoms with Gasteiger partial charge in [0.15, 0.2) is 11.6 Å². The van der Waals surface area contributed by atoms with Crippen LogP contribution in [0.3, 0.4) is 0 Å². The summed E-state index contributed by atoms with van der Waals surface area (Å²) < 4.78 is 17.5. The van der Waals surface area contributed by atoms with Gasteiger partial charge in [0.2, 0.25) is 5.90 Å². The van der Waals surface area contributed by atoms with Crippen LogP contribution in [0.5, 0.6) is 11.5 Å². The van der Waals surface area contributed by atoms with E-state index in [1.807, 2.05) is 24.3 Å². The van der Waals surface area contributed by atoms with E-state index in [1.54, 1.807) is 61.7 Å². The molecule has 4 rings (SSSR count). The van der Waals surface area contributed by atoms with Crippen LogP contribution in [0.25, 0.3) is 10.4 Å². The monoisotopic (exact) mass is 555 g/mol. The number of hydrogen-bond donors (Lipinski definition) is 2. The molecule has 0 bridgehead atoms. The number of benzene rings is 3. The van der Waals surface area contributed by atoms with Crippen LogP contribution in [0.15, 0.2) is 95.6 Å². The number of carbonyl (C=O) groups is 1. The molecule has 10 nitrogen and oxygen atoms in total. The molecule has 3 aromatic carbocycles. The molecule has 2 N–H and O–H groups in total. The van der Waals surface area contributed by atoms with Gasteiger partial charge in [0.05, 0.1) is 13.7 Å². The summed E-state index contributed by atoms with van der Waals surface area (Å²) in [4.78, 5) is 21.9. The van der Waals surface area contributed by atoms with Crippen LogP contribution in [-0.2, 0) is 16.0 Å². The standard InChI is InChI=1S/C31H33N5O5/c1-3-18-31(30(38)33-19-17-22-9-4-7-12-27(22)39-2)28(25-10-5-6-11-26(25)35-36-32)41-29(34-31)23-13-15-24(16-14-23)40-21-8-20-37/h3-7,9-16,28,37H,1,8,17-21H2,2H3,(H,33,38)/t28-,31-/m1/s1. The van der Waals surface area contributed by atoms with Crippen molar-refractivity contribution in [2.75, 3.05) is 26.9 Å². The zero-order chi connectivity index (χ0) is 29.1. The Balaban J connectivity index is 1.68. The maximum absolute atomic E-state index is 14.0. The highest BCUT2D eigenvalue weighted by molar-refractivity contribution is 6.01. The number of ether oxygens (including phenoxy) is 3. The number of azide groups is 1. The molecule has 0 aromatic heterocycles. The van der Waals surface area contributed by atoms with Crippen molar-refractivity contribution in [1.29, 1.82) is 0 Å². The van der Waals surface area contributed by atoms with E-state index in [1.165, 1.54) is 0 Å². The minimum Gasteiger partial charge on any atom is -0.496 e. The van der Waals surface area contributed by atoms with Crippen LogP contribution >= 0.6 is 0 Å². The lowest BCUT2D eigenvalue weighted by molar-refractivity contribution is -0.128. The minimum absolute atomic E-state index is 0.0494. The average molecular weight is 556 g/mol. The fourth-order valence-electron chi connectivity index (χ4n) is 4.73. The molecular formula is C31H33N5O5. The predicted octanol–water partition coefficient (Wildman–Crippen LogP) is 5.59. The Kier molecular flexibility index (Phi) is 9.99. The van der Waals surface area contributed by atoms with Gasteiger partial charge in [-0.15, -0.1) is 6.58 Å². The molecule has 0 fully saturated rings. The summed E-state index contributed by atoms with van der Waals surface area (Å²) in [6.45, 7) is 4.68. The molecule has 10 heteroatoms. The van der Waals surface area contributed by atoms with Gasteiger partial charge in [-0.2, -0.15) is 0 Å². The van der Waals surface area contributed by atoms with E-state index in [9.17, 15) is 10.3 Å². The van der Waals surface area contributed by atoms with Crippen LogP contribution in [0.2, 0.25) is 0 Å². The molecule has 0 spiro atoms. The van der Waals surface area contributed by atoms with Crippen LogP contribution in [0, 0.1) is 0 Å². The number of aliphatic hydroxyl groups excluding tert-OH is 1. The molecule has 41 heavy (non-hydrogen) atoms. The number of carbonyl (C=O) groups excluding carboxylic acids is 1. The van der Waals surface area contributed by atoms with Crippen LogP contribution in [-0.4, -0.2) is 49.3 Å². The zero-order valence-electron chi connectivity index (χ0n) is 22.9. The molecule has 0 unspecified atom stereocenters. The Labute approximate surface area is 238 Å². The summed E-state index contributed by atoms with van der Waals surface area (Å²) >= 11 is 0. The van der Waals surface area contributed by atoms with Gasteiger partial charge in [0.1, 0.15) is 11.5 Å². The van der Waals surface area contributed by atoms with E-state index in [4.69, 9.17) is 24.3 Å². The lowest BCUT2D eigenvalue weighted by atomic mass is 9.83. The second kappa shape index (κ2) is 14.0. The maximum atomic E-state index is 14.0. The van der Waals surface area contributed by atoms with E-state index >= 15 is 0 Å². The Morgan fingerprint density at radius 1 is 1.20 bits per heavy atom. The van der Waals surface area contributed by atoms with Gasteiger partial charge in [-0.3, -0.25) is 4.79 Å². The highest BCUT2D eigenvalue weighted by Gasteiger charge is 2.52. The van der Waals surface area contributed by atoms with Gasteiger partial charge < -0.3 is 24.6 Å². The van der Waals surface area contributed by atoms with Crippen molar-refractivity contribution in [1.82, 2.24) is 5.32 Å². The molecule has 1 amide bonds. The fraction of sp³-hybridized carbons (Fsp3) is 0.290. The third-order valence-corrected chi connectivity index (χ3v) is 6.73. The molecule has 1 aliphatic heterocycles. The number of aliphatic imine (C=N–C) groups is 1. The van der Waals surface area contributed by atoms with Gasteiger partial charge in [0, 0.05) is 47.7 Å². The van der Waals surface area contributed by atoms with Gasteiger partial charge in [0.25, 0.3) is 5.91 Å². The summed E-state index contributed by atoms with van der Waals surface area (Å²) in [7, 11) is 1.61. The highest BCUT2D eigenvalue weighted by atomic mass is 16.5. The van der Waals surface area contributed by atoms with Crippen molar-refractivity contribution in [2.45, 2.75) is 30.9 Å². The van der Waals surface area contributed by atoms with Gasteiger partial charge >= 0.3 is 0 Å². The number of rotatable bonds is 14. The Morgan fingerprint density at radius 3 is 2.68 bits per heavy atom. The number of amides is 1. The number of hydrogen-bond acceptors (Lipinski definition) is 7. The predicted molar refractivity (Wildman–Crippen MR) is 157 cm³/mol. The van der Waals surface area contributed by atoms with E-state index in [0.717, 1.165) is 11.3 Å². The Hall–Kier alpha value is -4.79. The van der Waals surface area contributed by atoms with E-state index in [-0.39, 0.29) is 24.8 Å². The zero-order valence-corrected chi connectivity index (χ0v) is 22.9. The summed E-state index contributed by atoms with van der Waals surface area (Å²) in [5, 5.41) is 15.9. The average Bonchev–Trinajstić information content (AvgIpc) is 3.39. The molecule has 212 valence electrons. The number of methoxy groups -OCH3 is 1. The minimum atomic E-state index is -1.41. The van der Waals surface area contributed by atoms with E-state index in [0.29, 0.717) is 48.6 Å². The first kappa shape index (κ1) is 29.2. The third-order valence-electron chi connectivity index (χ3n) is 6.73. The second-order valence-electron chi connectivity index (χ2n) is 9.35. The topological polar surface area (TPSA) is 138 Å². The molecular weight excluding hydrogens is 522 g/mol. The van der Waals surface area contributed by atoms with Gasteiger partial charge in [-0.05, 0) is 47.8 Å². The molecule has 0 aliphatic carbocycles. The molecule has 2 atom stereocenters. The van der Waals surface area contributed by atoms with Crippen LogP contribution in [0.4, 0.5) is 5.69 Å². The van der Waals surface area contributed by atoms with Crippen molar-refractivity contribution < 1.29 is 24.1 Å². The van der Waals surface area contributed by atoms with Crippen molar-refractivity contribution in [3.8, 4) is 11.5 Å². The van der Waals surface area contributed by atoms with Crippen molar-refractivity contribution >= 4 is 17.5 Å². The molecule has 1 heterocycles. The normalized spacial score (nSPS) is 17.5. The number of aliphatic hydroxyl groups is 1. The van der Waals surface area contributed by atoms with Crippen LogP contribution < -0.4 is 14.8 Å². The SMILES string of the molecule is C=CC[C@@]1(C(=O)NCCc2ccccc2OC)N=C(c2ccc(OCCCO)cc2)O[C@@H]1c1ccccc1N=[N+]=[N-]. The van der Waals surface area contributed by atoms with Gasteiger partial charge in [-0.25, -0.2) is 4.99 Å². The first-order valence-electron chi connectivity index (χ1n) is 13.3. The summed E-state index contributed by atoms with van der Waals surface area (Å²) in [5.74, 6) is 1.32. The maximum Gasteiger partial charge on any atom is 0.252 e. The quantitative estimate of drug-likeness (QED) is 0.0878. The smallest absolute Gasteiger partial charge is 0.252 e. The van der Waals surface area contributed by atoms with Crippen molar-refractivity contribution in [3.05, 3.63) is 113 Å². The largest absolute Gasteiger partial charge is 0.496 e. The van der Waals surface area contributed by atoms with Crippen LogP contribution in [0.1, 0.15) is 35.6 Å². The van der Waals surface area contributed by atoms with Crippen molar-refractivity contribution in [2.24, 2.45) is 10.1 Å². The summed E-state index contributed by atoms with van der Waals surface area (Å²) in [6, 6.07) is 21.8. The van der Waals surface area contributed by atoms with Gasteiger partial charge in [-0.1, -0.05) is 53.7 Å². The first-order chi connectivity index (χ1) is 20.1. The summed E-state index contributed by atoms with van der Waals surface area (Å²) in [5.41, 5.74) is 10.3. The molecule has 0 saturated heterocycles. The lowest BCUT2D eigenvalue weighted by Gasteiger charge is -2.30. The Morgan fingerprint density at radius 2 is 1.95 bits per heavy atom. The molecule has 0 radical (unpaired) electrons. The van der Waals surface area contributed by atoms with E-state index in [2.05, 4.69) is 21.9 Å². The Bertz CT molecular complexity index is 1430. The number of para-hydroxylation sites is 1.